The molecule has 0 nitrogen and oxygen atoms in total. The molecule has 3 aliphatic rings. The Hall–Kier alpha value is -0.170. The molecular formula is C14H20S. The standard InChI is InChI=1S/C14H20S/c1-3-7-11(8-4-1)13-14(15-13)12-9-5-2-6-10-12/h1-3,5,11-14H,4,6-10H2/t11?,12?,13-,14+. The van der Waals surface area contributed by atoms with Crippen LogP contribution in [0.1, 0.15) is 38.5 Å². The Morgan fingerprint density at radius 3 is 1.67 bits per heavy atom. The maximum absolute atomic E-state index is 2.41. The monoisotopic (exact) mass is 220 g/mol. The van der Waals surface area contributed by atoms with Gasteiger partial charge in [0, 0.05) is 10.5 Å². The Balaban J connectivity index is 1.54. The van der Waals surface area contributed by atoms with Crippen LogP contribution in [-0.2, 0) is 0 Å². The number of allylic oxidation sites excluding steroid dienone is 4. The molecule has 1 fully saturated rings. The summed E-state index contributed by atoms with van der Waals surface area (Å²) in [6, 6.07) is 0. The second-order valence-electron chi connectivity index (χ2n) is 5.15. The normalized spacial score (nSPS) is 44.3. The summed E-state index contributed by atoms with van der Waals surface area (Å²) in [5.74, 6) is 2.02. The topological polar surface area (TPSA) is 0 Å². The van der Waals surface area contributed by atoms with Gasteiger partial charge in [-0.3, -0.25) is 0 Å². The van der Waals surface area contributed by atoms with Gasteiger partial charge in [-0.2, -0.15) is 11.8 Å². The molecule has 1 saturated heterocycles. The molecule has 0 aromatic heterocycles. The minimum atomic E-state index is 1.01. The predicted octanol–water partition coefficient (Wildman–Crippen LogP) is 4.18. The van der Waals surface area contributed by atoms with Crippen LogP contribution >= 0.6 is 11.8 Å². The molecule has 0 aromatic rings. The van der Waals surface area contributed by atoms with E-state index in [1.807, 2.05) is 0 Å². The zero-order valence-electron chi connectivity index (χ0n) is 9.27. The SMILES string of the molecule is C1=CCC([C@H]2S[C@H]2C2CC=CCC2)CC1. The Morgan fingerprint density at radius 2 is 1.27 bits per heavy atom. The zero-order chi connectivity index (χ0) is 10.1. The molecule has 4 atom stereocenters. The summed E-state index contributed by atoms with van der Waals surface area (Å²) in [5.41, 5.74) is 0. The molecule has 2 unspecified atom stereocenters. The van der Waals surface area contributed by atoms with Gasteiger partial charge in [0.25, 0.3) is 0 Å². The van der Waals surface area contributed by atoms with Crippen molar-refractivity contribution in [2.75, 3.05) is 0 Å². The van der Waals surface area contributed by atoms with Crippen LogP contribution in [0.25, 0.3) is 0 Å². The van der Waals surface area contributed by atoms with Crippen LogP contribution in [0.2, 0.25) is 0 Å². The van der Waals surface area contributed by atoms with Gasteiger partial charge in [0.05, 0.1) is 0 Å². The molecule has 0 amide bonds. The van der Waals surface area contributed by atoms with E-state index >= 15 is 0 Å². The number of thioether (sulfide) groups is 1. The quantitative estimate of drug-likeness (QED) is 0.497. The van der Waals surface area contributed by atoms with Gasteiger partial charge in [-0.25, -0.2) is 0 Å². The number of hydrogen-bond acceptors (Lipinski definition) is 1. The van der Waals surface area contributed by atoms with Crippen molar-refractivity contribution in [1.29, 1.82) is 0 Å². The molecule has 82 valence electrons. The van der Waals surface area contributed by atoms with E-state index < -0.39 is 0 Å². The largest absolute Gasteiger partial charge is 0.152 e. The summed E-state index contributed by atoms with van der Waals surface area (Å²) >= 11 is 2.28. The third-order valence-corrected chi connectivity index (χ3v) is 5.78. The third kappa shape index (κ3) is 2.18. The Kier molecular flexibility index (Phi) is 2.92. The van der Waals surface area contributed by atoms with Crippen molar-refractivity contribution in [2.24, 2.45) is 11.8 Å². The number of rotatable bonds is 2. The third-order valence-electron chi connectivity index (χ3n) is 4.11. The van der Waals surface area contributed by atoms with Crippen molar-refractivity contribution in [2.45, 2.75) is 49.0 Å². The molecule has 1 aliphatic heterocycles. The first-order valence-electron chi connectivity index (χ1n) is 6.40. The molecule has 0 aromatic carbocycles. The van der Waals surface area contributed by atoms with E-state index in [9.17, 15) is 0 Å². The van der Waals surface area contributed by atoms with Crippen LogP contribution < -0.4 is 0 Å². The van der Waals surface area contributed by atoms with Crippen molar-refractivity contribution in [1.82, 2.24) is 0 Å². The van der Waals surface area contributed by atoms with Crippen molar-refractivity contribution >= 4 is 11.8 Å². The van der Waals surface area contributed by atoms with E-state index in [2.05, 4.69) is 36.1 Å². The summed E-state index contributed by atoms with van der Waals surface area (Å²) in [6.07, 6.45) is 17.8. The van der Waals surface area contributed by atoms with E-state index in [-0.39, 0.29) is 0 Å². The fourth-order valence-corrected chi connectivity index (χ4v) is 4.78. The van der Waals surface area contributed by atoms with Crippen molar-refractivity contribution in [3.05, 3.63) is 24.3 Å². The van der Waals surface area contributed by atoms with Crippen LogP contribution in [0.3, 0.4) is 0 Å². The zero-order valence-corrected chi connectivity index (χ0v) is 10.1. The van der Waals surface area contributed by atoms with Crippen LogP contribution in [0.4, 0.5) is 0 Å². The minimum absolute atomic E-state index is 1.01. The maximum atomic E-state index is 2.41. The smallest absolute Gasteiger partial charge is 0.0204 e. The lowest BCUT2D eigenvalue weighted by Crippen LogP contribution is -2.18. The molecule has 0 bridgehead atoms. The molecule has 0 radical (unpaired) electrons. The van der Waals surface area contributed by atoms with Crippen LogP contribution in [0, 0.1) is 11.8 Å². The van der Waals surface area contributed by atoms with E-state index in [0.29, 0.717) is 0 Å². The van der Waals surface area contributed by atoms with Gasteiger partial charge >= 0.3 is 0 Å². The second-order valence-corrected chi connectivity index (χ2v) is 6.52. The molecule has 3 rings (SSSR count). The molecule has 0 saturated carbocycles. The summed E-state index contributed by atoms with van der Waals surface area (Å²) < 4.78 is 0. The van der Waals surface area contributed by atoms with Gasteiger partial charge in [-0.15, -0.1) is 0 Å². The molecule has 1 heteroatoms. The van der Waals surface area contributed by atoms with E-state index in [1.165, 1.54) is 38.5 Å². The Bertz CT molecular complexity index is 251. The highest BCUT2D eigenvalue weighted by Gasteiger charge is 2.47. The molecule has 1 heterocycles. The summed E-state index contributed by atoms with van der Waals surface area (Å²) in [5, 5.41) is 2.04. The lowest BCUT2D eigenvalue weighted by molar-refractivity contribution is 0.413. The first kappa shape index (κ1) is 10.0. The van der Waals surface area contributed by atoms with Crippen LogP contribution in [0.5, 0.6) is 0 Å². The average molecular weight is 220 g/mol. The predicted molar refractivity (Wildman–Crippen MR) is 68.1 cm³/mol. The summed E-state index contributed by atoms with van der Waals surface area (Å²) in [7, 11) is 0. The van der Waals surface area contributed by atoms with Gasteiger partial charge in [-0.05, 0) is 50.4 Å². The molecule has 0 spiro atoms. The second kappa shape index (κ2) is 4.37. The average Bonchev–Trinajstić information content (AvgIpc) is 3.11. The molecular weight excluding hydrogens is 200 g/mol. The highest BCUT2D eigenvalue weighted by atomic mass is 32.2. The lowest BCUT2D eigenvalue weighted by atomic mass is 9.84. The fraction of sp³-hybridized carbons (Fsp3) is 0.714. The summed E-state index contributed by atoms with van der Waals surface area (Å²) in [4.78, 5) is 0. The Morgan fingerprint density at radius 1 is 0.733 bits per heavy atom. The maximum Gasteiger partial charge on any atom is 0.0204 e. The van der Waals surface area contributed by atoms with Crippen molar-refractivity contribution in [3.8, 4) is 0 Å². The highest BCUT2D eigenvalue weighted by molar-refractivity contribution is 8.07. The van der Waals surface area contributed by atoms with Gasteiger partial charge in [0.1, 0.15) is 0 Å². The lowest BCUT2D eigenvalue weighted by Gasteiger charge is -2.20. The van der Waals surface area contributed by atoms with Crippen LogP contribution in [0.15, 0.2) is 24.3 Å². The van der Waals surface area contributed by atoms with Gasteiger partial charge < -0.3 is 0 Å². The molecule has 15 heavy (non-hydrogen) atoms. The van der Waals surface area contributed by atoms with Gasteiger partial charge in [0.15, 0.2) is 0 Å². The first-order chi connectivity index (χ1) is 7.45. The first-order valence-corrected chi connectivity index (χ1v) is 7.35. The molecule has 2 aliphatic carbocycles. The van der Waals surface area contributed by atoms with Crippen molar-refractivity contribution < 1.29 is 0 Å². The number of hydrogen-bond donors (Lipinski definition) is 0. The Labute approximate surface area is 97.2 Å². The van der Waals surface area contributed by atoms with Gasteiger partial charge in [-0.1, -0.05) is 24.3 Å². The van der Waals surface area contributed by atoms with E-state index in [0.717, 1.165) is 22.3 Å². The summed E-state index contributed by atoms with van der Waals surface area (Å²) in [6.45, 7) is 0. The highest BCUT2D eigenvalue weighted by Crippen LogP contribution is 2.55. The molecule has 0 N–H and O–H groups in total. The van der Waals surface area contributed by atoms with E-state index in [4.69, 9.17) is 0 Å². The fourth-order valence-electron chi connectivity index (χ4n) is 3.13. The van der Waals surface area contributed by atoms with Crippen LogP contribution in [-0.4, -0.2) is 10.5 Å². The van der Waals surface area contributed by atoms with E-state index in [1.54, 1.807) is 0 Å². The minimum Gasteiger partial charge on any atom is -0.152 e. The van der Waals surface area contributed by atoms with Crippen molar-refractivity contribution in [3.63, 3.8) is 0 Å². The van der Waals surface area contributed by atoms with Gasteiger partial charge in [0.2, 0.25) is 0 Å².